The first-order valence-electron chi connectivity index (χ1n) is 7.82. The Hall–Kier alpha value is -1.59. The van der Waals surface area contributed by atoms with Gasteiger partial charge in [-0.1, -0.05) is 24.3 Å². The molecule has 0 bridgehead atoms. The van der Waals surface area contributed by atoms with Crippen LogP contribution in [0.5, 0.6) is 0 Å². The lowest BCUT2D eigenvalue weighted by Crippen LogP contribution is -2.41. The molecule has 3 N–H and O–H groups in total. The van der Waals surface area contributed by atoms with Crippen molar-refractivity contribution in [1.29, 1.82) is 0 Å². The minimum atomic E-state index is -0.535. The first-order valence-corrected chi connectivity index (χ1v) is 7.82. The summed E-state index contributed by atoms with van der Waals surface area (Å²) < 4.78 is 4.84. The molecule has 1 fully saturated rings. The second-order valence-corrected chi connectivity index (χ2v) is 6.10. The van der Waals surface area contributed by atoms with Crippen LogP contribution in [-0.2, 0) is 10.2 Å². The zero-order valence-corrected chi connectivity index (χ0v) is 13.4. The van der Waals surface area contributed by atoms with Gasteiger partial charge in [-0.15, -0.1) is 0 Å². The van der Waals surface area contributed by atoms with Crippen molar-refractivity contribution in [3.8, 4) is 0 Å². The Labute approximate surface area is 132 Å². The topological polar surface area (TPSA) is 70.6 Å². The monoisotopic (exact) mass is 306 g/mol. The average Bonchev–Trinajstić information content (AvgIpc) is 3.27. The van der Waals surface area contributed by atoms with Gasteiger partial charge in [0.2, 0.25) is 0 Å². The summed E-state index contributed by atoms with van der Waals surface area (Å²) in [6, 6.07) is 8.19. The third kappa shape index (κ3) is 4.45. The Balaban J connectivity index is 1.74. The van der Waals surface area contributed by atoms with Gasteiger partial charge in [-0.2, -0.15) is 0 Å². The van der Waals surface area contributed by atoms with Crippen LogP contribution < -0.4 is 10.6 Å². The van der Waals surface area contributed by atoms with E-state index >= 15 is 0 Å². The van der Waals surface area contributed by atoms with Crippen LogP contribution in [0.3, 0.4) is 0 Å². The molecule has 1 aromatic carbocycles. The van der Waals surface area contributed by atoms with Gasteiger partial charge in [0.1, 0.15) is 0 Å². The van der Waals surface area contributed by atoms with Crippen molar-refractivity contribution < 1.29 is 14.6 Å². The lowest BCUT2D eigenvalue weighted by Gasteiger charge is -2.19. The van der Waals surface area contributed by atoms with Crippen LogP contribution >= 0.6 is 0 Å². The lowest BCUT2D eigenvalue weighted by molar-refractivity contribution is 0.0598. The molecule has 0 heterocycles. The van der Waals surface area contributed by atoms with Crippen molar-refractivity contribution in [2.24, 2.45) is 0 Å². The molecule has 5 heteroatoms. The summed E-state index contributed by atoms with van der Waals surface area (Å²) >= 11 is 0. The fourth-order valence-corrected chi connectivity index (χ4v) is 2.80. The van der Waals surface area contributed by atoms with Crippen LogP contribution in [-0.4, -0.2) is 44.0 Å². The van der Waals surface area contributed by atoms with E-state index in [-0.39, 0.29) is 11.4 Å². The molecule has 122 valence electrons. The van der Waals surface area contributed by atoms with Gasteiger partial charge >= 0.3 is 6.03 Å². The van der Waals surface area contributed by atoms with Gasteiger partial charge in [0.25, 0.3) is 0 Å². The largest absolute Gasteiger partial charge is 0.391 e. The second kappa shape index (κ2) is 7.61. The first-order chi connectivity index (χ1) is 10.6. The van der Waals surface area contributed by atoms with E-state index in [1.807, 2.05) is 6.07 Å². The average molecular weight is 306 g/mol. The van der Waals surface area contributed by atoms with Gasteiger partial charge in [0.15, 0.2) is 0 Å². The number of urea groups is 1. The van der Waals surface area contributed by atoms with Crippen molar-refractivity contribution in [3.63, 3.8) is 0 Å². The van der Waals surface area contributed by atoms with Crippen LogP contribution in [0, 0.1) is 6.92 Å². The summed E-state index contributed by atoms with van der Waals surface area (Å²) in [6.45, 7) is 3.50. The van der Waals surface area contributed by atoms with Crippen molar-refractivity contribution in [1.82, 2.24) is 10.6 Å². The van der Waals surface area contributed by atoms with Gasteiger partial charge in [-0.3, -0.25) is 0 Å². The Morgan fingerprint density at radius 3 is 2.73 bits per heavy atom. The number of benzene rings is 1. The Morgan fingerprint density at radius 2 is 2.09 bits per heavy atom. The predicted molar refractivity (Wildman–Crippen MR) is 86.0 cm³/mol. The van der Waals surface area contributed by atoms with E-state index in [1.165, 1.54) is 11.1 Å². The van der Waals surface area contributed by atoms with E-state index in [1.54, 1.807) is 7.11 Å². The molecule has 2 rings (SSSR count). The second-order valence-electron chi connectivity index (χ2n) is 6.10. The van der Waals surface area contributed by atoms with Crippen LogP contribution in [0.15, 0.2) is 24.3 Å². The fourth-order valence-electron chi connectivity index (χ4n) is 2.80. The van der Waals surface area contributed by atoms with Gasteiger partial charge in [0.05, 0.1) is 12.7 Å². The van der Waals surface area contributed by atoms with Crippen molar-refractivity contribution in [3.05, 3.63) is 35.4 Å². The molecule has 0 radical (unpaired) electrons. The number of ether oxygens (including phenoxy) is 1. The quantitative estimate of drug-likeness (QED) is 0.685. The van der Waals surface area contributed by atoms with E-state index in [0.29, 0.717) is 26.1 Å². The zero-order chi connectivity index (χ0) is 16.0. The summed E-state index contributed by atoms with van der Waals surface area (Å²) in [4.78, 5) is 11.8. The van der Waals surface area contributed by atoms with Crippen molar-refractivity contribution >= 4 is 6.03 Å². The highest BCUT2D eigenvalue weighted by atomic mass is 16.5. The number of aryl methyl sites for hydroxylation is 1. The molecule has 2 amide bonds. The van der Waals surface area contributed by atoms with E-state index in [4.69, 9.17) is 4.74 Å². The number of hydrogen-bond acceptors (Lipinski definition) is 3. The molecule has 1 unspecified atom stereocenters. The Morgan fingerprint density at radius 1 is 1.36 bits per heavy atom. The highest BCUT2D eigenvalue weighted by Gasteiger charge is 2.45. The van der Waals surface area contributed by atoms with Crippen LogP contribution in [0.1, 0.15) is 30.4 Å². The van der Waals surface area contributed by atoms with Crippen LogP contribution in [0.25, 0.3) is 0 Å². The number of methoxy groups -OCH3 is 1. The number of carbonyl (C=O) groups excluding carboxylic acids is 1. The summed E-state index contributed by atoms with van der Waals surface area (Å²) in [5, 5.41) is 15.2. The molecule has 1 atom stereocenters. The molecule has 1 aliphatic carbocycles. The zero-order valence-electron chi connectivity index (χ0n) is 13.4. The SMILES string of the molecule is COCC(O)CCNC(=O)NCC1(c2ccccc2C)CC1. The number of carbonyl (C=O) groups is 1. The predicted octanol–water partition coefficient (Wildman–Crippen LogP) is 1.72. The van der Waals surface area contributed by atoms with Crippen LogP contribution in [0.2, 0.25) is 0 Å². The molecule has 0 aromatic heterocycles. The minimum absolute atomic E-state index is 0.109. The molecule has 0 aliphatic heterocycles. The number of amides is 2. The molecule has 1 aliphatic rings. The molecular weight excluding hydrogens is 280 g/mol. The van der Waals surface area contributed by atoms with Gasteiger partial charge in [0, 0.05) is 25.6 Å². The molecule has 0 spiro atoms. The highest BCUT2D eigenvalue weighted by molar-refractivity contribution is 5.74. The maximum Gasteiger partial charge on any atom is 0.314 e. The smallest absolute Gasteiger partial charge is 0.314 e. The summed E-state index contributed by atoms with van der Waals surface area (Å²) in [6.07, 6.45) is 2.19. The maximum absolute atomic E-state index is 11.8. The number of aliphatic hydroxyl groups excluding tert-OH is 1. The van der Waals surface area contributed by atoms with E-state index in [9.17, 15) is 9.90 Å². The van der Waals surface area contributed by atoms with Gasteiger partial charge in [-0.25, -0.2) is 4.79 Å². The highest BCUT2D eigenvalue weighted by Crippen LogP contribution is 2.48. The summed E-state index contributed by atoms with van der Waals surface area (Å²) in [5.41, 5.74) is 2.73. The number of nitrogens with one attached hydrogen (secondary N) is 2. The number of aliphatic hydroxyl groups is 1. The first kappa shape index (κ1) is 16.8. The van der Waals surface area contributed by atoms with Gasteiger partial charge in [-0.05, 0) is 37.3 Å². The summed E-state index contributed by atoms with van der Waals surface area (Å²) in [5.74, 6) is 0. The van der Waals surface area contributed by atoms with E-state index in [0.717, 1.165) is 12.8 Å². The van der Waals surface area contributed by atoms with Crippen LogP contribution in [0.4, 0.5) is 4.79 Å². The molecule has 5 nitrogen and oxygen atoms in total. The Bertz CT molecular complexity index is 500. The maximum atomic E-state index is 11.8. The third-order valence-corrected chi connectivity index (χ3v) is 4.28. The molecule has 0 saturated heterocycles. The molecule has 1 aromatic rings. The van der Waals surface area contributed by atoms with Crippen molar-refractivity contribution in [2.75, 3.05) is 26.8 Å². The standard InChI is InChI=1S/C17H26N2O3/c1-13-5-3-4-6-15(13)17(8-9-17)12-19-16(21)18-10-7-14(20)11-22-2/h3-6,14,20H,7-12H2,1-2H3,(H2,18,19,21). The normalized spacial score (nSPS) is 16.9. The molecular formula is C17H26N2O3. The summed E-state index contributed by atoms with van der Waals surface area (Å²) in [7, 11) is 1.55. The third-order valence-electron chi connectivity index (χ3n) is 4.28. The van der Waals surface area contributed by atoms with E-state index < -0.39 is 6.10 Å². The van der Waals surface area contributed by atoms with E-state index in [2.05, 4.69) is 35.8 Å². The molecule has 1 saturated carbocycles. The van der Waals surface area contributed by atoms with Crippen molar-refractivity contribution in [2.45, 2.75) is 37.7 Å². The van der Waals surface area contributed by atoms with Gasteiger partial charge < -0.3 is 20.5 Å². The fraction of sp³-hybridized carbons (Fsp3) is 0.588. The Kier molecular flexibility index (Phi) is 5.80. The number of hydrogen-bond donors (Lipinski definition) is 3. The lowest BCUT2D eigenvalue weighted by atomic mass is 9.92. The number of rotatable bonds is 8. The minimum Gasteiger partial charge on any atom is -0.391 e. The molecule has 22 heavy (non-hydrogen) atoms.